The van der Waals surface area contributed by atoms with Crippen LogP contribution in [-0.2, 0) is 36.8 Å². The summed E-state index contributed by atoms with van der Waals surface area (Å²) in [6.45, 7) is 10.2. The van der Waals surface area contributed by atoms with Crippen LogP contribution in [0.25, 0.3) is 11.4 Å². The van der Waals surface area contributed by atoms with Crippen molar-refractivity contribution in [3.05, 3.63) is 53.9 Å². The first-order valence-corrected chi connectivity index (χ1v) is 20.7. The molecule has 0 N–H and O–H groups in total. The number of carbonyl (C=O) groups excluding carboxylic acids is 3. The topological polar surface area (TPSA) is 162 Å². The van der Waals surface area contributed by atoms with E-state index in [2.05, 4.69) is 10.1 Å². The number of carbonyl (C=O) groups is 3. The molecule has 0 saturated carbocycles. The van der Waals surface area contributed by atoms with Crippen LogP contribution in [0.5, 0.6) is 11.5 Å². The van der Waals surface area contributed by atoms with Gasteiger partial charge >= 0.3 is 18.3 Å². The molecule has 1 spiro atoms. The molecule has 0 atom stereocenters. The van der Waals surface area contributed by atoms with Crippen molar-refractivity contribution in [2.75, 3.05) is 38.6 Å². The van der Waals surface area contributed by atoms with E-state index in [1.165, 1.54) is 35.2 Å². The summed E-state index contributed by atoms with van der Waals surface area (Å²) in [5.74, 6) is -1.96. The van der Waals surface area contributed by atoms with Gasteiger partial charge in [-0.15, -0.1) is 0 Å². The molecule has 3 aromatic rings. The number of alkyl halides is 3. The van der Waals surface area contributed by atoms with E-state index in [9.17, 15) is 36.0 Å². The van der Waals surface area contributed by atoms with Gasteiger partial charge in [0.15, 0.2) is 9.84 Å². The van der Waals surface area contributed by atoms with Gasteiger partial charge in [-0.3, -0.25) is 9.69 Å². The molecule has 4 amide bonds. The standard InChI is InChI=1S/C39H48F3N5O9S/c1-25(2)24-57(51,52)31-9-7-6-8-30(31)54-29-11-10-27(22-28(29)39(40,41)42)33-43-32(56-44-33)23-46-34(48)38(15-18-45(19-16-38)36(50)55-37(3,4)5)47(35(46)49)17-12-26-13-20-53-21-14-26/h6-11,22,25-26H,12-21,23-24H2,1-5H3. The van der Waals surface area contributed by atoms with Gasteiger partial charge in [-0.05, 0) is 95.0 Å². The lowest BCUT2D eigenvalue weighted by molar-refractivity contribution is -0.138. The van der Waals surface area contributed by atoms with Gasteiger partial charge in [0.25, 0.3) is 5.91 Å². The molecule has 57 heavy (non-hydrogen) atoms. The van der Waals surface area contributed by atoms with Crippen LogP contribution in [0.3, 0.4) is 0 Å². The first-order chi connectivity index (χ1) is 26.8. The van der Waals surface area contributed by atoms with E-state index < -0.39 is 63.0 Å². The van der Waals surface area contributed by atoms with Crippen molar-refractivity contribution < 1.29 is 54.7 Å². The maximum Gasteiger partial charge on any atom is 0.420 e. The normalized spacial score (nSPS) is 18.2. The number of piperidine rings is 1. The number of amides is 4. The molecule has 2 aromatic carbocycles. The van der Waals surface area contributed by atoms with E-state index >= 15 is 0 Å². The summed E-state index contributed by atoms with van der Waals surface area (Å²) < 4.78 is 91.5. The van der Waals surface area contributed by atoms with Crippen LogP contribution < -0.4 is 4.74 Å². The number of rotatable bonds is 11. The van der Waals surface area contributed by atoms with Gasteiger partial charge in [-0.2, -0.15) is 18.2 Å². The average molecular weight is 820 g/mol. The van der Waals surface area contributed by atoms with Crippen LogP contribution in [0, 0.1) is 11.8 Å². The maximum absolute atomic E-state index is 14.5. The Kier molecular flexibility index (Phi) is 12.0. The third-order valence-electron chi connectivity index (χ3n) is 10.2. The minimum absolute atomic E-state index is 0.103. The predicted octanol–water partition coefficient (Wildman–Crippen LogP) is 7.33. The van der Waals surface area contributed by atoms with Gasteiger partial charge in [-0.1, -0.05) is 31.1 Å². The van der Waals surface area contributed by atoms with Crippen LogP contribution in [0.2, 0.25) is 0 Å². The van der Waals surface area contributed by atoms with Crippen molar-refractivity contribution in [2.24, 2.45) is 11.8 Å². The number of ether oxygens (including phenoxy) is 3. The highest BCUT2D eigenvalue weighted by Gasteiger charge is 2.58. The van der Waals surface area contributed by atoms with E-state index in [0.717, 1.165) is 29.9 Å². The monoisotopic (exact) mass is 819 g/mol. The van der Waals surface area contributed by atoms with Crippen molar-refractivity contribution in [3.63, 3.8) is 0 Å². The molecule has 3 aliphatic rings. The van der Waals surface area contributed by atoms with E-state index in [1.54, 1.807) is 39.5 Å². The summed E-state index contributed by atoms with van der Waals surface area (Å²) in [4.78, 5) is 49.3. The van der Waals surface area contributed by atoms with Crippen LogP contribution in [0.1, 0.15) is 78.2 Å². The number of nitrogens with zero attached hydrogens (tertiary/aromatic N) is 5. The second kappa shape index (κ2) is 16.3. The lowest BCUT2D eigenvalue weighted by atomic mass is 9.85. The summed E-state index contributed by atoms with van der Waals surface area (Å²) in [6.07, 6.45) is -2.76. The minimum atomic E-state index is -4.93. The molecule has 3 fully saturated rings. The number of benzene rings is 2. The van der Waals surface area contributed by atoms with E-state index in [-0.39, 0.29) is 65.5 Å². The maximum atomic E-state index is 14.5. The highest BCUT2D eigenvalue weighted by molar-refractivity contribution is 7.91. The van der Waals surface area contributed by atoms with Gasteiger partial charge in [0.1, 0.15) is 34.1 Å². The molecule has 0 radical (unpaired) electrons. The lowest BCUT2D eigenvalue weighted by Crippen LogP contribution is -2.58. The third kappa shape index (κ3) is 9.37. The van der Waals surface area contributed by atoms with Gasteiger partial charge in [-0.25, -0.2) is 18.0 Å². The number of hydrogen-bond donors (Lipinski definition) is 0. The van der Waals surface area contributed by atoms with Crippen molar-refractivity contribution in [1.82, 2.24) is 24.8 Å². The van der Waals surface area contributed by atoms with Crippen LogP contribution in [0.15, 0.2) is 51.9 Å². The molecule has 0 bridgehead atoms. The third-order valence-corrected chi connectivity index (χ3v) is 12.3. The number of para-hydroxylation sites is 1. The Bertz CT molecular complexity index is 2070. The van der Waals surface area contributed by atoms with Crippen molar-refractivity contribution in [2.45, 2.75) is 95.5 Å². The molecule has 310 valence electrons. The summed E-state index contributed by atoms with van der Waals surface area (Å²) in [5.41, 5.74) is -3.26. The number of imide groups is 1. The van der Waals surface area contributed by atoms with Gasteiger partial charge < -0.3 is 28.5 Å². The second-order valence-electron chi connectivity index (χ2n) is 16.1. The largest absolute Gasteiger partial charge is 0.455 e. The Labute approximate surface area is 329 Å². The van der Waals surface area contributed by atoms with Gasteiger partial charge in [0, 0.05) is 38.4 Å². The Morgan fingerprint density at radius 1 is 1.02 bits per heavy atom. The quantitative estimate of drug-likeness (QED) is 0.178. The summed E-state index contributed by atoms with van der Waals surface area (Å²) in [7, 11) is -3.88. The molecule has 1 aromatic heterocycles. The van der Waals surface area contributed by atoms with Crippen molar-refractivity contribution >= 4 is 27.9 Å². The number of halogens is 3. The van der Waals surface area contributed by atoms with Crippen molar-refractivity contribution in [1.29, 1.82) is 0 Å². The molecule has 18 heteroatoms. The Hall–Kier alpha value is -4.71. The number of sulfone groups is 1. The fourth-order valence-electron chi connectivity index (χ4n) is 7.44. The number of likely N-dealkylation sites (tertiary alicyclic amines) is 1. The highest BCUT2D eigenvalue weighted by atomic mass is 32.2. The molecular weight excluding hydrogens is 772 g/mol. The number of aromatic nitrogens is 2. The minimum Gasteiger partial charge on any atom is -0.455 e. The molecule has 14 nitrogen and oxygen atoms in total. The van der Waals surface area contributed by atoms with Crippen molar-refractivity contribution in [3.8, 4) is 22.9 Å². The lowest BCUT2D eigenvalue weighted by Gasteiger charge is -2.42. The fourth-order valence-corrected chi connectivity index (χ4v) is 9.20. The second-order valence-corrected chi connectivity index (χ2v) is 18.1. The molecule has 4 heterocycles. The molecule has 3 aliphatic heterocycles. The first kappa shape index (κ1) is 41.9. The fraction of sp³-hybridized carbons (Fsp3) is 0.564. The zero-order chi connectivity index (χ0) is 41.3. The molecule has 6 rings (SSSR count). The average Bonchev–Trinajstić information content (AvgIpc) is 3.67. The van der Waals surface area contributed by atoms with E-state index in [4.69, 9.17) is 18.7 Å². The number of hydrogen-bond acceptors (Lipinski definition) is 11. The SMILES string of the molecule is CC(C)CS(=O)(=O)c1ccccc1Oc1ccc(-c2noc(CN3C(=O)N(CCC4CCOCC4)C4(CCN(C(=O)OC(C)(C)C)CC4)C3=O)n2)cc1C(F)(F)F. The predicted molar refractivity (Wildman–Crippen MR) is 199 cm³/mol. The number of urea groups is 1. The highest BCUT2D eigenvalue weighted by Crippen LogP contribution is 2.42. The summed E-state index contributed by atoms with van der Waals surface area (Å²) in [6, 6.07) is 7.99. The summed E-state index contributed by atoms with van der Waals surface area (Å²) in [5, 5.41) is 3.86. The Morgan fingerprint density at radius 3 is 2.35 bits per heavy atom. The molecule has 0 aliphatic carbocycles. The zero-order valence-corrected chi connectivity index (χ0v) is 33.5. The Balaban J connectivity index is 1.23. The van der Waals surface area contributed by atoms with Gasteiger partial charge in [0.05, 0.1) is 11.3 Å². The zero-order valence-electron chi connectivity index (χ0n) is 32.6. The van der Waals surface area contributed by atoms with E-state index in [1.807, 2.05) is 0 Å². The first-order valence-electron chi connectivity index (χ1n) is 19.0. The molecule has 0 unspecified atom stereocenters. The van der Waals surface area contributed by atoms with Crippen LogP contribution in [-0.4, -0.2) is 101 Å². The van der Waals surface area contributed by atoms with Crippen LogP contribution >= 0.6 is 0 Å². The molecule has 3 saturated heterocycles. The van der Waals surface area contributed by atoms with E-state index in [0.29, 0.717) is 32.1 Å². The smallest absolute Gasteiger partial charge is 0.420 e. The molecular formula is C39H48F3N5O9S. The Morgan fingerprint density at radius 2 is 1.70 bits per heavy atom. The summed E-state index contributed by atoms with van der Waals surface area (Å²) >= 11 is 0. The van der Waals surface area contributed by atoms with Gasteiger partial charge in [0.2, 0.25) is 11.7 Å². The van der Waals surface area contributed by atoms with Crippen LogP contribution in [0.4, 0.5) is 22.8 Å².